The Bertz CT molecular complexity index is 1090. The first-order valence-electron chi connectivity index (χ1n) is 8.40. The van der Waals surface area contributed by atoms with Gasteiger partial charge in [-0.05, 0) is 18.2 Å². The molecular weight excluding hydrogens is 398 g/mol. The minimum Gasteiger partial charge on any atom is -0.503 e. The highest BCUT2D eigenvalue weighted by atomic mass is 32.1. The van der Waals surface area contributed by atoms with E-state index in [1.807, 2.05) is 0 Å². The molecule has 148 valence electrons. The molecule has 10 heteroatoms. The number of hydrogen-bond donors (Lipinski definition) is 1. The summed E-state index contributed by atoms with van der Waals surface area (Å²) >= 11 is 1.10. The van der Waals surface area contributed by atoms with Crippen LogP contribution in [0, 0.1) is 0 Å². The summed E-state index contributed by atoms with van der Waals surface area (Å²) in [4.78, 5) is 27.3. The van der Waals surface area contributed by atoms with Crippen LogP contribution in [-0.4, -0.2) is 41.2 Å². The predicted octanol–water partition coefficient (Wildman–Crippen LogP) is 2.93. The largest absolute Gasteiger partial charge is 0.503 e. The van der Waals surface area contributed by atoms with Gasteiger partial charge >= 0.3 is 0 Å². The van der Waals surface area contributed by atoms with Gasteiger partial charge in [0.15, 0.2) is 23.0 Å². The SMILES string of the molecule is COc1cccc(C2C(C(=O)c3ccco3)=C(O)C(=O)N2c2nncs2)c1OC. The van der Waals surface area contributed by atoms with E-state index in [1.54, 1.807) is 24.3 Å². The summed E-state index contributed by atoms with van der Waals surface area (Å²) in [6.07, 6.45) is 1.34. The number of amides is 1. The number of para-hydroxylation sites is 1. The Morgan fingerprint density at radius 1 is 1.24 bits per heavy atom. The molecule has 0 fully saturated rings. The lowest BCUT2D eigenvalue weighted by atomic mass is 9.94. The lowest BCUT2D eigenvalue weighted by Gasteiger charge is -2.25. The van der Waals surface area contributed by atoms with Gasteiger partial charge in [0.1, 0.15) is 11.6 Å². The third kappa shape index (κ3) is 2.93. The Kier molecular flexibility index (Phi) is 4.77. The van der Waals surface area contributed by atoms with E-state index in [-0.39, 0.29) is 16.5 Å². The summed E-state index contributed by atoms with van der Waals surface area (Å²) in [5, 5.41) is 18.6. The van der Waals surface area contributed by atoms with Gasteiger partial charge in [0.05, 0.1) is 26.1 Å². The van der Waals surface area contributed by atoms with Crippen LogP contribution in [0.25, 0.3) is 0 Å². The molecule has 3 heterocycles. The van der Waals surface area contributed by atoms with Gasteiger partial charge in [-0.1, -0.05) is 23.5 Å². The lowest BCUT2D eigenvalue weighted by molar-refractivity contribution is -0.117. The van der Waals surface area contributed by atoms with Gasteiger partial charge in [-0.2, -0.15) is 0 Å². The molecule has 29 heavy (non-hydrogen) atoms. The van der Waals surface area contributed by atoms with Crippen molar-refractivity contribution >= 4 is 28.2 Å². The molecule has 3 aromatic rings. The van der Waals surface area contributed by atoms with Crippen molar-refractivity contribution < 1.29 is 28.6 Å². The normalized spacial score (nSPS) is 16.4. The van der Waals surface area contributed by atoms with Gasteiger partial charge in [0, 0.05) is 5.56 Å². The van der Waals surface area contributed by atoms with E-state index in [0.29, 0.717) is 17.1 Å². The molecule has 0 bridgehead atoms. The Balaban J connectivity index is 1.95. The molecular formula is C19H15N3O6S. The van der Waals surface area contributed by atoms with Gasteiger partial charge in [0.2, 0.25) is 10.9 Å². The van der Waals surface area contributed by atoms with Crippen molar-refractivity contribution in [2.24, 2.45) is 0 Å². The summed E-state index contributed by atoms with van der Waals surface area (Å²) < 4.78 is 16.0. The number of carbonyl (C=O) groups excluding carboxylic acids is 2. The van der Waals surface area contributed by atoms with Crippen LogP contribution in [-0.2, 0) is 4.79 Å². The molecule has 0 saturated heterocycles. The summed E-state index contributed by atoms with van der Waals surface area (Å²) in [7, 11) is 2.93. The number of methoxy groups -OCH3 is 2. The van der Waals surface area contributed by atoms with E-state index in [1.165, 1.54) is 37.0 Å². The van der Waals surface area contributed by atoms with Gasteiger partial charge < -0.3 is 19.0 Å². The third-order valence-electron chi connectivity index (χ3n) is 4.48. The fraction of sp³-hybridized carbons (Fsp3) is 0.158. The van der Waals surface area contributed by atoms with Crippen molar-refractivity contribution in [3.63, 3.8) is 0 Å². The molecule has 1 aliphatic rings. The number of benzene rings is 1. The van der Waals surface area contributed by atoms with Crippen LogP contribution in [0.4, 0.5) is 5.13 Å². The van der Waals surface area contributed by atoms with Crippen LogP contribution < -0.4 is 14.4 Å². The monoisotopic (exact) mass is 413 g/mol. The van der Waals surface area contributed by atoms with Crippen molar-refractivity contribution in [2.75, 3.05) is 19.1 Å². The first-order chi connectivity index (χ1) is 14.1. The van der Waals surface area contributed by atoms with E-state index in [0.717, 1.165) is 11.3 Å². The van der Waals surface area contributed by atoms with Crippen LogP contribution in [0.1, 0.15) is 22.2 Å². The van der Waals surface area contributed by atoms with E-state index < -0.39 is 23.5 Å². The molecule has 1 aliphatic heterocycles. The van der Waals surface area contributed by atoms with Gasteiger partial charge in [-0.25, -0.2) is 0 Å². The Labute approximate surface area is 168 Å². The van der Waals surface area contributed by atoms with Gasteiger partial charge in [0.25, 0.3) is 5.91 Å². The number of aliphatic hydroxyl groups excluding tert-OH is 1. The number of aromatic nitrogens is 2. The number of furan rings is 1. The first-order valence-corrected chi connectivity index (χ1v) is 9.28. The third-order valence-corrected chi connectivity index (χ3v) is 5.17. The number of ketones is 1. The smallest absolute Gasteiger partial charge is 0.296 e. The molecule has 9 nitrogen and oxygen atoms in total. The average molecular weight is 413 g/mol. The predicted molar refractivity (Wildman–Crippen MR) is 102 cm³/mol. The number of rotatable bonds is 6. The minimum absolute atomic E-state index is 0.00896. The zero-order chi connectivity index (χ0) is 20.5. The molecule has 1 amide bonds. The number of ether oxygens (including phenoxy) is 2. The Morgan fingerprint density at radius 2 is 2.07 bits per heavy atom. The minimum atomic E-state index is -1.02. The van der Waals surface area contributed by atoms with E-state index in [9.17, 15) is 14.7 Å². The average Bonchev–Trinajstić information content (AvgIpc) is 3.49. The van der Waals surface area contributed by atoms with Crippen molar-refractivity contribution in [3.8, 4) is 11.5 Å². The summed E-state index contributed by atoms with van der Waals surface area (Å²) in [5.74, 6) is -1.36. The fourth-order valence-electron chi connectivity index (χ4n) is 3.27. The molecule has 0 saturated carbocycles. The molecule has 1 atom stereocenters. The quantitative estimate of drug-likeness (QED) is 0.614. The second kappa shape index (κ2) is 7.40. The van der Waals surface area contributed by atoms with E-state index in [4.69, 9.17) is 13.9 Å². The summed E-state index contributed by atoms with van der Waals surface area (Å²) in [6, 6.07) is 7.06. The highest BCUT2D eigenvalue weighted by Gasteiger charge is 2.47. The summed E-state index contributed by atoms with van der Waals surface area (Å²) in [5.41, 5.74) is 1.74. The molecule has 0 aliphatic carbocycles. The number of aliphatic hydroxyl groups is 1. The molecule has 0 radical (unpaired) electrons. The van der Waals surface area contributed by atoms with Crippen molar-refractivity contribution in [1.82, 2.24) is 10.2 Å². The Morgan fingerprint density at radius 3 is 2.69 bits per heavy atom. The lowest BCUT2D eigenvalue weighted by Crippen LogP contribution is -2.31. The number of Topliss-reactive ketones (excluding diaryl/α,β-unsaturated/α-hetero) is 1. The number of nitrogens with zero attached hydrogens (tertiary/aromatic N) is 3. The summed E-state index contributed by atoms with van der Waals surface area (Å²) in [6.45, 7) is 0. The maximum Gasteiger partial charge on any atom is 0.296 e. The topological polar surface area (TPSA) is 115 Å². The highest BCUT2D eigenvalue weighted by Crippen LogP contribution is 2.47. The second-order valence-corrected chi connectivity index (χ2v) is 6.76. The van der Waals surface area contributed by atoms with Crippen LogP contribution in [0.2, 0.25) is 0 Å². The van der Waals surface area contributed by atoms with Gasteiger partial charge in [-0.3, -0.25) is 14.5 Å². The molecule has 4 rings (SSSR count). The highest BCUT2D eigenvalue weighted by molar-refractivity contribution is 7.13. The first kappa shape index (κ1) is 18.7. The zero-order valence-electron chi connectivity index (χ0n) is 15.4. The Hall–Kier alpha value is -3.66. The standard InChI is InChI=1S/C19H15N3O6S/c1-26-12-6-3-5-10(17(12)27-2)14-13(15(23)11-7-4-8-28-11)16(24)18(25)22(14)19-21-20-9-29-19/h3-9,14,24H,1-2H3. The van der Waals surface area contributed by atoms with Crippen LogP contribution in [0.15, 0.2) is 57.9 Å². The maximum absolute atomic E-state index is 13.1. The van der Waals surface area contributed by atoms with Crippen molar-refractivity contribution in [2.45, 2.75) is 6.04 Å². The zero-order valence-corrected chi connectivity index (χ0v) is 16.2. The molecule has 0 spiro atoms. The number of anilines is 1. The van der Waals surface area contributed by atoms with E-state index >= 15 is 0 Å². The van der Waals surface area contributed by atoms with E-state index in [2.05, 4.69) is 10.2 Å². The van der Waals surface area contributed by atoms with Gasteiger partial charge in [-0.15, -0.1) is 10.2 Å². The molecule has 1 aromatic carbocycles. The number of hydrogen-bond acceptors (Lipinski definition) is 9. The van der Waals surface area contributed by atoms with Crippen LogP contribution in [0.5, 0.6) is 11.5 Å². The second-order valence-electron chi connectivity index (χ2n) is 5.95. The fourth-order valence-corrected chi connectivity index (χ4v) is 3.85. The maximum atomic E-state index is 13.1. The molecule has 1 N–H and O–H groups in total. The van der Waals surface area contributed by atoms with Crippen molar-refractivity contribution in [1.29, 1.82) is 0 Å². The van der Waals surface area contributed by atoms with Crippen molar-refractivity contribution in [3.05, 3.63) is 64.8 Å². The molecule has 2 aromatic heterocycles. The number of carbonyl (C=O) groups is 2. The molecule has 1 unspecified atom stereocenters. The van der Waals surface area contributed by atoms with Crippen LogP contribution in [0.3, 0.4) is 0 Å². The van der Waals surface area contributed by atoms with Crippen LogP contribution >= 0.6 is 11.3 Å².